The minimum Gasteiger partial charge on any atom is -0.308 e. The van der Waals surface area contributed by atoms with Crippen molar-refractivity contribution < 1.29 is 0 Å². The summed E-state index contributed by atoms with van der Waals surface area (Å²) in [5, 5.41) is 15.1. The molecule has 0 unspecified atom stereocenters. The molecule has 0 radical (unpaired) electrons. The molecule has 31 heavy (non-hydrogen) atoms. The van der Waals surface area contributed by atoms with E-state index in [1.807, 2.05) is 31.2 Å². The van der Waals surface area contributed by atoms with E-state index in [2.05, 4.69) is 62.4 Å². The first kappa shape index (κ1) is 19.4. The van der Waals surface area contributed by atoms with E-state index in [9.17, 15) is 0 Å². The predicted octanol–water partition coefficient (Wildman–Crippen LogP) is 4.85. The SMILES string of the molecule is CCc1nc2c(Cl)cc(C)nc2n1Cc1ccc(-c2ccccc2-c2nn[nH]n2)cc1. The number of nitrogens with zero attached hydrogens (tertiary/aromatic N) is 6. The van der Waals surface area contributed by atoms with E-state index >= 15 is 0 Å². The number of halogens is 1. The Morgan fingerprint density at radius 3 is 2.48 bits per heavy atom. The number of tetrazole rings is 1. The molecule has 1 N–H and O–H groups in total. The highest BCUT2D eigenvalue weighted by atomic mass is 35.5. The summed E-state index contributed by atoms with van der Waals surface area (Å²) in [5.41, 5.74) is 6.72. The van der Waals surface area contributed by atoms with Gasteiger partial charge < -0.3 is 4.57 Å². The molecule has 0 aliphatic heterocycles. The van der Waals surface area contributed by atoms with E-state index in [1.165, 1.54) is 0 Å². The van der Waals surface area contributed by atoms with Crippen LogP contribution in [-0.4, -0.2) is 35.2 Å². The molecule has 0 spiro atoms. The van der Waals surface area contributed by atoms with Crippen LogP contribution in [0.1, 0.15) is 24.0 Å². The van der Waals surface area contributed by atoms with Crippen molar-refractivity contribution in [3.05, 3.63) is 76.7 Å². The molecule has 0 saturated heterocycles. The Bertz CT molecular complexity index is 1360. The second kappa shape index (κ2) is 7.92. The van der Waals surface area contributed by atoms with Gasteiger partial charge in [-0.05, 0) is 34.9 Å². The summed E-state index contributed by atoms with van der Waals surface area (Å²) < 4.78 is 2.15. The Morgan fingerprint density at radius 2 is 1.77 bits per heavy atom. The second-order valence-electron chi connectivity index (χ2n) is 7.36. The van der Waals surface area contributed by atoms with Gasteiger partial charge in [-0.3, -0.25) is 0 Å². The van der Waals surface area contributed by atoms with Crippen LogP contribution in [0.15, 0.2) is 54.6 Å². The number of hydrogen-bond acceptors (Lipinski definition) is 5. The number of imidazole rings is 1. The molecule has 0 atom stereocenters. The summed E-state index contributed by atoms with van der Waals surface area (Å²) in [6, 6.07) is 18.4. The van der Waals surface area contributed by atoms with Gasteiger partial charge in [0.25, 0.3) is 0 Å². The highest BCUT2D eigenvalue weighted by Gasteiger charge is 2.15. The van der Waals surface area contributed by atoms with Crippen LogP contribution in [-0.2, 0) is 13.0 Å². The fourth-order valence-corrected chi connectivity index (χ4v) is 4.11. The zero-order valence-corrected chi connectivity index (χ0v) is 17.9. The summed E-state index contributed by atoms with van der Waals surface area (Å²) in [6.07, 6.45) is 0.807. The van der Waals surface area contributed by atoms with Crippen molar-refractivity contribution >= 4 is 22.8 Å². The lowest BCUT2D eigenvalue weighted by atomic mass is 9.98. The summed E-state index contributed by atoms with van der Waals surface area (Å²) in [5.74, 6) is 1.55. The molecule has 2 aromatic carbocycles. The molecule has 5 rings (SSSR count). The molecular weight excluding hydrogens is 410 g/mol. The molecule has 0 saturated carbocycles. The third kappa shape index (κ3) is 3.57. The van der Waals surface area contributed by atoms with E-state index < -0.39 is 0 Å². The fourth-order valence-electron chi connectivity index (χ4n) is 3.83. The van der Waals surface area contributed by atoms with Gasteiger partial charge in [-0.1, -0.05) is 67.1 Å². The maximum Gasteiger partial charge on any atom is 0.205 e. The highest BCUT2D eigenvalue weighted by molar-refractivity contribution is 6.34. The molecule has 3 heterocycles. The number of hydrogen-bond donors (Lipinski definition) is 1. The summed E-state index contributed by atoms with van der Waals surface area (Å²) in [7, 11) is 0. The van der Waals surface area contributed by atoms with Crippen LogP contribution in [0.25, 0.3) is 33.7 Å². The summed E-state index contributed by atoms with van der Waals surface area (Å²) in [6.45, 7) is 4.72. The molecule has 8 heteroatoms. The van der Waals surface area contributed by atoms with Crippen molar-refractivity contribution in [3.63, 3.8) is 0 Å². The minimum atomic E-state index is 0.579. The molecule has 7 nitrogen and oxygen atoms in total. The first-order valence-corrected chi connectivity index (χ1v) is 10.5. The number of pyridine rings is 1. The number of nitrogens with one attached hydrogen (secondary N) is 1. The first-order valence-electron chi connectivity index (χ1n) is 10.1. The van der Waals surface area contributed by atoms with Crippen LogP contribution in [0.4, 0.5) is 0 Å². The van der Waals surface area contributed by atoms with Gasteiger partial charge in [-0.2, -0.15) is 5.21 Å². The smallest absolute Gasteiger partial charge is 0.205 e. The van der Waals surface area contributed by atoms with Gasteiger partial charge in [0.15, 0.2) is 5.65 Å². The number of aryl methyl sites for hydroxylation is 2. The number of fused-ring (bicyclic) bond motifs is 1. The maximum atomic E-state index is 6.42. The van der Waals surface area contributed by atoms with Gasteiger partial charge in [0.1, 0.15) is 11.3 Å². The lowest BCUT2D eigenvalue weighted by Crippen LogP contribution is -2.05. The van der Waals surface area contributed by atoms with E-state index in [4.69, 9.17) is 21.6 Å². The van der Waals surface area contributed by atoms with Crippen LogP contribution in [0, 0.1) is 6.92 Å². The van der Waals surface area contributed by atoms with Crippen molar-refractivity contribution in [1.29, 1.82) is 0 Å². The molecule has 0 fully saturated rings. The van der Waals surface area contributed by atoms with E-state index in [0.717, 1.165) is 51.4 Å². The third-order valence-corrected chi connectivity index (χ3v) is 5.59. The number of aromatic amines is 1. The second-order valence-corrected chi connectivity index (χ2v) is 7.77. The van der Waals surface area contributed by atoms with Gasteiger partial charge in [-0.25, -0.2) is 9.97 Å². The summed E-state index contributed by atoms with van der Waals surface area (Å²) in [4.78, 5) is 9.42. The summed E-state index contributed by atoms with van der Waals surface area (Å²) >= 11 is 6.42. The molecule has 0 aliphatic carbocycles. The number of benzene rings is 2. The number of rotatable bonds is 5. The number of H-pyrrole nitrogens is 1. The molecular formula is C23H20ClN7. The molecule has 0 amide bonds. The van der Waals surface area contributed by atoms with Gasteiger partial charge in [0.05, 0.1) is 11.6 Å². The van der Waals surface area contributed by atoms with Gasteiger partial charge in [-0.15, -0.1) is 10.2 Å². The van der Waals surface area contributed by atoms with E-state index in [1.54, 1.807) is 0 Å². The molecule has 5 aromatic rings. The average molecular weight is 430 g/mol. The Kier molecular flexibility index (Phi) is 4.95. The van der Waals surface area contributed by atoms with Crippen LogP contribution in [0.3, 0.4) is 0 Å². The molecule has 154 valence electrons. The van der Waals surface area contributed by atoms with E-state index in [0.29, 0.717) is 17.4 Å². The first-order chi connectivity index (χ1) is 15.1. The van der Waals surface area contributed by atoms with Gasteiger partial charge >= 0.3 is 0 Å². The minimum absolute atomic E-state index is 0.579. The number of aromatic nitrogens is 7. The van der Waals surface area contributed by atoms with Crippen molar-refractivity contribution in [3.8, 4) is 22.5 Å². The Hall–Kier alpha value is -3.58. The van der Waals surface area contributed by atoms with Crippen LogP contribution in [0.5, 0.6) is 0 Å². The van der Waals surface area contributed by atoms with Crippen molar-refractivity contribution in [2.75, 3.05) is 0 Å². The molecule has 3 aromatic heterocycles. The van der Waals surface area contributed by atoms with Crippen LogP contribution < -0.4 is 0 Å². The zero-order valence-electron chi connectivity index (χ0n) is 17.2. The Morgan fingerprint density at radius 1 is 1.00 bits per heavy atom. The van der Waals surface area contributed by atoms with Crippen molar-refractivity contribution in [2.45, 2.75) is 26.8 Å². The highest BCUT2D eigenvalue weighted by Crippen LogP contribution is 2.30. The van der Waals surface area contributed by atoms with Gasteiger partial charge in [0.2, 0.25) is 5.82 Å². The lowest BCUT2D eigenvalue weighted by molar-refractivity contribution is 0.745. The van der Waals surface area contributed by atoms with Gasteiger partial charge in [0, 0.05) is 17.7 Å². The predicted molar refractivity (Wildman–Crippen MR) is 121 cm³/mol. The fraction of sp³-hybridized carbons (Fsp3) is 0.174. The standard InChI is InChI=1S/C23H20ClN7/c1-3-20-26-21-19(24)12-14(2)25-23(21)31(20)13-15-8-10-16(11-9-15)17-6-4-5-7-18(17)22-27-29-30-28-22/h4-12H,3,13H2,1-2H3,(H,27,28,29,30). The largest absolute Gasteiger partial charge is 0.308 e. The molecule has 0 aliphatic rings. The zero-order chi connectivity index (χ0) is 21.4. The quantitative estimate of drug-likeness (QED) is 0.431. The average Bonchev–Trinajstić information content (AvgIpc) is 3.43. The monoisotopic (exact) mass is 429 g/mol. The van der Waals surface area contributed by atoms with Crippen molar-refractivity contribution in [2.24, 2.45) is 0 Å². The molecule has 0 bridgehead atoms. The van der Waals surface area contributed by atoms with Crippen molar-refractivity contribution in [1.82, 2.24) is 35.2 Å². The Labute approximate surface area is 184 Å². The maximum absolute atomic E-state index is 6.42. The Balaban J connectivity index is 1.51. The normalized spacial score (nSPS) is 11.3. The lowest BCUT2D eigenvalue weighted by Gasteiger charge is -2.10. The van der Waals surface area contributed by atoms with Crippen LogP contribution in [0.2, 0.25) is 5.02 Å². The van der Waals surface area contributed by atoms with E-state index in [-0.39, 0.29) is 0 Å². The third-order valence-electron chi connectivity index (χ3n) is 5.30. The topological polar surface area (TPSA) is 85.2 Å². The van der Waals surface area contributed by atoms with Crippen LogP contribution >= 0.6 is 11.6 Å².